The Balaban J connectivity index is 1.45. The van der Waals surface area contributed by atoms with E-state index in [0.29, 0.717) is 31.1 Å². The Morgan fingerprint density at radius 3 is 2.36 bits per heavy atom. The van der Waals surface area contributed by atoms with Gasteiger partial charge in [0.05, 0.1) is 10.8 Å². The second-order valence-electron chi connectivity index (χ2n) is 7.69. The zero-order valence-corrected chi connectivity index (χ0v) is 17.0. The highest BCUT2D eigenvalue weighted by Crippen LogP contribution is 2.33. The fourth-order valence-corrected chi connectivity index (χ4v) is 5.66. The first-order chi connectivity index (χ1) is 13.5. The van der Waals surface area contributed by atoms with Crippen LogP contribution in [0, 0.1) is 6.92 Å². The number of sulfonamides is 1. The van der Waals surface area contributed by atoms with Crippen LogP contribution in [0.2, 0.25) is 0 Å². The van der Waals surface area contributed by atoms with Crippen molar-refractivity contribution in [2.75, 3.05) is 26.2 Å². The Kier molecular flexibility index (Phi) is 5.25. The molecule has 0 saturated carbocycles. The zero-order chi connectivity index (χ0) is 19.7. The van der Waals surface area contributed by atoms with Crippen molar-refractivity contribution in [1.82, 2.24) is 9.21 Å². The van der Waals surface area contributed by atoms with E-state index in [1.54, 1.807) is 12.1 Å². The summed E-state index contributed by atoms with van der Waals surface area (Å²) in [6.07, 6.45) is 2.93. The molecule has 1 unspecified atom stereocenters. The highest BCUT2D eigenvalue weighted by molar-refractivity contribution is 7.89. The summed E-state index contributed by atoms with van der Waals surface area (Å²) >= 11 is 0. The van der Waals surface area contributed by atoms with Crippen LogP contribution in [0.25, 0.3) is 0 Å². The number of hydrogen-bond acceptors (Lipinski definition) is 3. The van der Waals surface area contributed by atoms with Crippen LogP contribution in [-0.2, 0) is 21.2 Å². The van der Waals surface area contributed by atoms with Crippen molar-refractivity contribution in [3.63, 3.8) is 0 Å². The molecule has 1 heterocycles. The molecule has 1 saturated heterocycles. The van der Waals surface area contributed by atoms with Gasteiger partial charge in [0, 0.05) is 26.2 Å². The van der Waals surface area contributed by atoms with Crippen LogP contribution in [0.1, 0.15) is 35.4 Å². The fraction of sp³-hybridized carbons (Fsp3) is 0.409. The van der Waals surface area contributed by atoms with E-state index in [2.05, 4.69) is 12.1 Å². The summed E-state index contributed by atoms with van der Waals surface area (Å²) in [5.74, 6) is 0.0461. The Bertz CT molecular complexity index is 962. The predicted octanol–water partition coefficient (Wildman–Crippen LogP) is 2.95. The minimum Gasteiger partial charge on any atom is -0.340 e. The first-order valence-electron chi connectivity index (χ1n) is 9.90. The summed E-state index contributed by atoms with van der Waals surface area (Å²) in [6.45, 7) is 3.52. The van der Waals surface area contributed by atoms with Crippen molar-refractivity contribution in [3.8, 4) is 0 Å². The second kappa shape index (κ2) is 7.68. The average molecular weight is 399 g/mol. The highest BCUT2D eigenvalue weighted by Gasteiger charge is 2.34. The van der Waals surface area contributed by atoms with Crippen LogP contribution in [0.3, 0.4) is 0 Å². The number of rotatable bonds is 3. The molecule has 0 spiro atoms. The van der Waals surface area contributed by atoms with E-state index >= 15 is 0 Å². The number of benzene rings is 2. The number of hydrogen-bond donors (Lipinski definition) is 0. The van der Waals surface area contributed by atoms with Crippen molar-refractivity contribution in [2.45, 2.75) is 37.0 Å². The second-order valence-corrected chi connectivity index (χ2v) is 9.62. The molecule has 0 radical (unpaired) electrons. The lowest BCUT2D eigenvalue weighted by Gasteiger charge is -2.37. The summed E-state index contributed by atoms with van der Waals surface area (Å²) in [7, 11) is -3.51. The molecule has 1 atom stereocenters. The van der Waals surface area contributed by atoms with Crippen molar-refractivity contribution in [3.05, 3.63) is 65.2 Å². The molecule has 2 aromatic carbocycles. The van der Waals surface area contributed by atoms with Gasteiger partial charge in [-0.2, -0.15) is 4.31 Å². The van der Waals surface area contributed by atoms with Crippen molar-refractivity contribution < 1.29 is 13.2 Å². The van der Waals surface area contributed by atoms with E-state index in [1.807, 2.05) is 36.1 Å². The van der Waals surface area contributed by atoms with Gasteiger partial charge in [-0.05, 0) is 49.4 Å². The summed E-state index contributed by atoms with van der Waals surface area (Å²) in [6, 6.07) is 15.1. The standard InChI is InChI=1S/C22H26N2O3S/c1-17-9-11-19(12-10-17)28(26,27)24-15-13-23(14-16-24)22(25)21-8-4-6-18-5-2-3-7-20(18)21/h2-3,5,7,9-12,21H,4,6,8,13-16H2,1H3. The molecule has 0 bridgehead atoms. The van der Waals surface area contributed by atoms with Crippen molar-refractivity contribution >= 4 is 15.9 Å². The highest BCUT2D eigenvalue weighted by atomic mass is 32.2. The van der Waals surface area contributed by atoms with Crippen molar-refractivity contribution in [2.24, 2.45) is 0 Å². The van der Waals surface area contributed by atoms with Crippen LogP contribution in [-0.4, -0.2) is 49.7 Å². The maximum atomic E-state index is 13.1. The molecule has 2 aromatic rings. The summed E-state index contributed by atoms with van der Waals surface area (Å²) < 4.78 is 27.2. The number of fused-ring (bicyclic) bond motifs is 1. The predicted molar refractivity (Wildman–Crippen MR) is 109 cm³/mol. The number of aryl methyl sites for hydroxylation is 2. The normalized spacial score (nSPS) is 20.6. The molecule has 1 aliphatic carbocycles. The number of amides is 1. The largest absolute Gasteiger partial charge is 0.340 e. The van der Waals surface area contributed by atoms with Gasteiger partial charge in [0.15, 0.2) is 0 Å². The van der Waals surface area contributed by atoms with Crippen LogP contribution in [0.4, 0.5) is 0 Å². The van der Waals surface area contributed by atoms with Crippen molar-refractivity contribution in [1.29, 1.82) is 0 Å². The fourth-order valence-electron chi connectivity index (χ4n) is 4.24. The lowest BCUT2D eigenvalue weighted by Crippen LogP contribution is -2.51. The first kappa shape index (κ1) is 19.2. The molecular weight excluding hydrogens is 372 g/mol. The third-order valence-corrected chi connectivity index (χ3v) is 7.79. The van der Waals surface area contributed by atoms with Crippen LogP contribution in [0.15, 0.2) is 53.4 Å². The third-order valence-electron chi connectivity index (χ3n) is 5.88. The molecule has 0 N–H and O–H groups in total. The number of nitrogens with zero attached hydrogens (tertiary/aromatic N) is 2. The molecular formula is C22H26N2O3S. The number of carbonyl (C=O) groups excluding carboxylic acids is 1. The van der Waals surface area contributed by atoms with Gasteiger partial charge >= 0.3 is 0 Å². The summed E-state index contributed by atoms with van der Waals surface area (Å²) in [5.41, 5.74) is 3.45. The van der Waals surface area contributed by atoms with Gasteiger partial charge < -0.3 is 4.90 Å². The van der Waals surface area contributed by atoms with Gasteiger partial charge in [-0.25, -0.2) is 8.42 Å². The van der Waals surface area contributed by atoms with Crippen LogP contribution >= 0.6 is 0 Å². The molecule has 4 rings (SSSR count). The van der Waals surface area contributed by atoms with Gasteiger partial charge in [0.2, 0.25) is 15.9 Å². The van der Waals surface area contributed by atoms with Crippen LogP contribution in [0.5, 0.6) is 0 Å². The Hall–Kier alpha value is -2.18. The van der Waals surface area contributed by atoms with E-state index in [0.717, 1.165) is 30.4 Å². The van der Waals surface area contributed by atoms with Gasteiger partial charge in [-0.3, -0.25) is 4.79 Å². The SMILES string of the molecule is Cc1ccc(S(=O)(=O)N2CCN(C(=O)C3CCCc4ccccc43)CC2)cc1. The molecule has 1 aliphatic heterocycles. The Labute approximate surface area is 167 Å². The first-order valence-corrected chi connectivity index (χ1v) is 11.3. The minimum absolute atomic E-state index is 0.0924. The smallest absolute Gasteiger partial charge is 0.243 e. The maximum Gasteiger partial charge on any atom is 0.243 e. The zero-order valence-electron chi connectivity index (χ0n) is 16.2. The summed E-state index contributed by atoms with van der Waals surface area (Å²) in [5, 5.41) is 0. The molecule has 1 fully saturated rings. The van der Waals surface area contributed by atoms with E-state index in [4.69, 9.17) is 0 Å². The molecule has 6 heteroatoms. The average Bonchev–Trinajstić information content (AvgIpc) is 2.73. The van der Waals surface area contributed by atoms with E-state index < -0.39 is 10.0 Å². The lowest BCUT2D eigenvalue weighted by atomic mass is 9.82. The van der Waals surface area contributed by atoms with Crippen LogP contribution < -0.4 is 0 Å². The minimum atomic E-state index is -3.51. The molecule has 28 heavy (non-hydrogen) atoms. The number of carbonyl (C=O) groups is 1. The van der Waals surface area contributed by atoms with Gasteiger partial charge in [0.1, 0.15) is 0 Å². The molecule has 0 aromatic heterocycles. The van der Waals surface area contributed by atoms with E-state index in [1.165, 1.54) is 9.87 Å². The van der Waals surface area contributed by atoms with Gasteiger partial charge in [0.25, 0.3) is 0 Å². The topological polar surface area (TPSA) is 57.7 Å². The molecule has 148 valence electrons. The monoisotopic (exact) mass is 398 g/mol. The Morgan fingerprint density at radius 2 is 1.64 bits per heavy atom. The van der Waals surface area contributed by atoms with E-state index in [-0.39, 0.29) is 11.8 Å². The quantitative estimate of drug-likeness (QED) is 0.799. The third kappa shape index (κ3) is 3.59. The molecule has 5 nitrogen and oxygen atoms in total. The van der Waals surface area contributed by atoms with Gasteiger partial charge in [-0.1, -0.05) is 42.0 Å². The van der Waals surface area contributed by atoms with E-state index in [9.17, 15) is 13.2 Å². The Morgan fingerprint density at radius 1 is 0.964 bits per heavy atom. The number of piperazine rings is 1. The molecule has 1 amide bonds. The van der Waals surface area contributed by atoms with Gasteiger partial charge in [-0.15, -0.1) is 0 Å². The summed E-state index contributed by atoms with van der Waals surface area (Å²) in [4.78, 5) is 15.3. The lowest BCUT2D eigenvalue weighted by molar-refractivity contribution is -0.134. The molecule has 2 aliphatic rings. The maximum absolute atomic E-state index is 13.1.